The minimum atomic E-state index is 0.0210. The third kappa shape index (κ3) is 2.63. The first-order valence-corrected chi connectivity index (χ1v) is 6.03. The van der Waals surface area contributed by atoms with Crippen molar-refractivity contribution >= 4 is 5.91 Å². The van der Waals surface area contributed by atoms with Gasteiger partial charge in [0, 0.05) is 12.5 Å². The molecule has 86 valence electrons. The summed E-state index contributed by atoms with van der Waals surface area (Å²) < 4.78 is 0. The van der Waals surface area contributed by atoms with Gasteiger partial charge in [0.1, 0.15) is 0 Å². The molecule has 1 saturated carbocycles. The van der Waals surface area contributed by atoms with Crippen LogP contribution in [0.15, 0.2) is 30.3 Å². The summed E-state index contributed by atoms with van der Waals surface area (Å²) in [7, 11) is 0. The second kappa shape index (κ2) is 4.69. The molecule has 1 fully saturated rings. The topological polar surface area (TPSA) is 29.1 Å². The molecule has 0 heterocycles. The Hall–Kier alpha value is -1.31. The number of benzene rings is 1. The Kier molecular flexibility index (Phi) is 3.28. The van der Waals surface area contributed by atoms with Gasteiger partial charge >= 0.3 is 0 Å². The van der Waals surface area contributed by atoms with Gasteiger partial charge in [-0.1, -0.05) is 43.2 Å². The highest BCUT2D eigenvalue weighted by molar-refractivity contribution is 5.74. The Morgan fingerprint density at radius 1 is 1.25 bits per heavy atom. The first-order valence-electron chi connectivity index (χ1n) is 6.03. The van der Waals surface area contributed by atoms with Crippen LogP contribution in [0.5, 0.6) is 0 Å². The standard InChI is InChI=1S/C14H19NO/c1-12(16)15-14(9-5-6-10-14)11-13-7-3-2-4-8-13/h2-4,7-8H,5-6,9-11H2,1H3,(H,15,16). The summed E-state index contributed by atoms with van der Waals surface area (Å²) in [6.07, 6.45) is 5.65. The van der Waals surface area contributed by atoms with E-state index in [2.05, 4.69) is 29.6 Å². The quantitative estimate of drug-likeness (QED) is 0.828. The minimum absolute atomic E-state index is 0.0210. The SMILES string of the molecule is CC(=O)NC1(Cc2ccccc2)CCCC1. The molecule has 1 aliphatic rings. The molecule has 2 rings (SSSR count). The number of hydrogen-bond acceptors (Lipinski definition) is 1. The van der Waals surface area contributed by atoms with Crippen molar-refractivity contribution < 1.29 is 4.79 Å². The molecule has 0 saturated heterocycles. The molecule has 1 aromatic rings. The maximum absolute atomic E-state index is 11.3. The van der Waals surface area contributed by atoms with Gasteiger partial charge in [0.05, 0.1) is 0 Å². The van der Waals surface area contributed by atoms with Crippen LogP contribution >= 0.6 is 0 Å². The summed E-state index contributed by atoms with van der Waals surface area (Å²) in [4.78, 5) is 11.3. The van der Waals surface area contributed by atoms with Crippen molar-refractivity contribution in [2.75, 3.05) is 0 Å². The van der Waals surface area contributed by atoms with Crippen molar-refractivity contribution in [3.63, 3.8) is 0 Å². The molecule has 1 amide bonds. The molecule has 0 unspecified atom stereocenters. The first-order chi connectivity index (χ1) is 7.70. The lowest BCUT2D eigenvalue weighted by Crippen LogP contribution is -2.47. The molecule has 0 spiro atoms. The molecule has 0 aliphatic heterocycles. The normalized spacial score (nSPS) is 18.3. The number of carbonyl (C=O) groups excluding carboxylic acids is 1. The van der Waals surface area contributed by atoms with Crippen molar-refractivity contribution in [3.8, 4) is 0 Å². The van der Waals surface area contributed by atoms with Gasteiger partial charge in [-0.25, -0.2) is 0 Å². The first kappa shape index (κ1) is 11.2. The molecule has 0 radical (unpaired) electrons. The van der Waals surface area contributed by atoms with E-state index in [1.54, 1.807) is 6.92 Å². The zero-order chi connectivity index (χ0) is 11.4. The second-order valence-electron chi connectivity index (χ2n) is 4.83. The molecule has 16 heavy (non-hydrogen) atoms. The Bertz CT molecular complexity index is 352. The Morgan fingerprint density at radius 3 is 2.44 bits per heavy atom. The monoisotopic (exact) mass is 217 g/mol. The maximum atomic E-state index is 11.3. The Labute approximate surface area is 97.1 Å². The van der Waals surface area contributed by atoms with Crippen molar-refractivity contribution in [2.45, 2.75) is 44.6 Å². The average Bonchev–Trinajstić information content (AvgIpc) is 2.66. The Morgan fingerprint density at radius 2 is 1.88 bits per heavy atom. The fourth-order valence-corrected chi connectivity index (χ4v) is 2.76. The van der Waals surface area contributed by atoms with Crippen LogP contribution in [0.25, 0.3) is 0 Å². The summed E-state index contributed by atoms with van der Waals surface area (Å²) in [6.45, 7) is 1.62. The number of rotatable bonds is 3. The van der Waals surface area contributed by atoms with E-state index in [9.17, 15) is 4.79 Å². The van der Waals surface area contributed by atoms with Crippen LogP contribution in [0, 0.1) is 0 Å². The predicted octanol–water partition coefficient (Wildman–Crippen LogP) is 2.68. The molecular weight excluding hydrogens is 198 g/mol. The van der Waals surface area contributed by atoms with E-state index in [-0.39, 0.29) is 11.4 Å². The molecular formula is C14H19NO. The van der Waals surface area contributed by atoms with E-state index in [1.807, 2.05) is 6.07 Å². The van der Waals surface area contributed by atoms with Gasteiger partial charge in [0.2, 0.25) is 5.91 Å². The number of carbonyl (C=O) groups is 1. The fraction of sp³-hybridized carbons (Fsp3) is 0.500. The number of nitrogens with one attached hydrogen (secondary N) is 1. The summed E-state index contributed by atoms with van der Waals surface area (Å²) in [6, 6.07) is 10.4. The highest BCUT2D eigenvalue weighted by Gasteiger charge is 2.34. The third-order valence-electron chi connectivity index (χ3n) is 3.39. The number of hydrogen-bond donors (Lipinski definition) is 1. The van der Waals surface area contributed by atoms with Crippen LogP contribution in [0.1, 0.15) is 38.2 Å². The zero-order valence-corrected chi connectivity index (χ0v) is 9.83. The van der Waals surface area contributed by atoms with Crippen LogP contribution in [0.3, 0.4) is 0 Å². The van der Waals surface area contributed by atoms with Gasteiger partial charge in [-0.3, -0.25) is 4.79 Å². The summed E-state index contributed by atoms with van der Waals surface area (Å²) >= 11 is 0. The van der Waals surface area contributed by atoms with Crippen LogP contribution in [-0.2, 0) is 11.2 Å². The van der Waals surface area contributed by atoms with Crippen molar-refractivity contribution in [2.24, 2.45) is 0 Å². The summed E-state index contributed by atoms with van der Waals surface area (Å²) in [5.41, 5.74) is 1.34. The lowest BCUT2D eigenvalue weighted by molar-refractivity contribution is -0.120. The average molecular weight is 217 g/mol. The molecule has 2 nitrogen and oxygen atoms in total. The molecule has 0 bridgehead atoms. The van der Waals surface area contributed by atoms with E-state index in [0.717, 1.165) is 19.3 Å². The van der Waals surface area contributed by atoms with E-state index in [4.69, 9.17) is 0 Å². The zero-order valence-electron chi connectivity index (χ0n) is 9.83. The van der Waals surface area contributed by atoms with Gasteiger partial charge in [-0.2, -0.15) is 0 Å². The highest BCUT2D eigenvalue weighted by Crippen LogP contribution is 2.32. The smallest absolute Gasteiger partial charge is 0.217 e. The lowest BCUT2D eigenvalue weighted by Gasteiger charge is -2.30. The number of amides is 1. The van der Waals surface area contributed by atoms with E-state index >= 15 is 0 Å². The van der Waals surface area contributed by atoms with Gasteiger partial charge in [0.15, 0.2) is 0 Å². The molecule has 0 atom stereocenters. The lowest BCUT2D eigenvalue weighted by atomic mass is 9.89. The maximum Gasteiger partial charge on any atom is 0.217 e. The molecule has 1 N–H and O–H groups in total. The van der Waals surface area contributed by atoms with Gasteiger partial charge in [0.25, 0.3) is 0 Å². The van der Waals surface area contributed by atoms with Gasteiger partial charge in [-0.05, 0) is 24.8 Å². The highest BCUT2D eigenvalue weighted by atomic mass is 16.1. The Balaban J connectivity index is 2.11. The van der Waals surface area contributed by atoms with Crippen LogP contribution in [0.2, 0.25) is 0 Å². The van der Waals surface area contributed by atoms with Crippen molar-refractivity contribution in [1.29, 1.82) is 0 Å². The van der Waals surface area contributed by atoms with Gasteiger partial charge < -0.3 is 5.32 Å². The summed E-state index contributed by atoms with van der Waals surface area (Å²) in [5.74, 6) is 0.0952. The predicted molar refractivity (Wildman–Crippen MR) is 65.2 cm³/mol. The van der Waals surface area contributed by atoms with E-state index in [1.165, 1.54) is 18.4 Å². The van der Waals surface area contributed by atoms with E-state index < -0.39 is 0 Å². The largest absolute Gasteiger partial charge is 0.351 e. The van der Waals surface area contributed by atoms with Crippen LogP contribution in [-0.4, -0.2) is 11.4 Å². The fourth-order valence-electron chi connectivity index (χ4n) is 2.76. The summed E-state index contributed by atoms with van der Waals surface area (Å²) in [5, 5.41) is 3.16. The molecule has 1 aliphatic carbocycles. The minimum Gasteiger partial charge on any atom is -0.351 e. The molecule has 2 heteroatoms. The third-order valence-corrected chi connectivity index (χ3v) is 3.39. The molecule has 0 aromatic heterocycles. The second-order valence-corrected chi connectivity index (χ2v) is 4.83. The van der Waals surface area contributed by atoms with Crippen LogP contribution < -0.4 is 5.32 Å². The van der Waals surface area contributed by atoms with Crippen molar-refractivity contribution in [3.05, 3.63) is 35.9 Å². The van der Waals surface area contributed by atoms with Gasteiger partial charge in [-0.15, -0.1) is 0 Å². The van der Waals surface area contributed by atoms with Crippen molar-refractivity contribution in [1.82, 2.24) is 5.32 Å². The van der Waals surface area contributed by atoms with E-state index in [0.29, 0.717) is 0 Å². The molecule has 1 aromatic carbocycles. The van der Waals surface area contributed by atoms with Crippen LogP contribution in [0.4, 0.5) is 0 Å².